The van der Waals surface area contributed by atoms with Crippen LogP contribution in [0.5, 0.6) is 0 Å². The van der Waals surface area contributed by atoms with Crippen molar-refractivity contribution in [1.29, 1.82) is 0 Å². The molecule has 5 nitrogen and oxygen atoms in total. The number of likely N-dealkylation sites (N-methyl/N-ethyl adjacent to an activating group) is 1. The lowest BCUT2D eigenvalue weighted by Gasteiger charge is -2.31. The summed E-state index contributed by atoms with van der Waals surface area (Å²) in [6.07, 6.45) is -0.172. The van der Waals surface area contributed by atoms with Gasteiger partial charge in [-0.3, -0.25) is 4.90 Å². The molecule has 0 aromatic heterocycles. The Kier molecular flexibility index (Phi) is 3.82. The standard InChI is InChI=1S/C13H25N3O2/c1-13(2,3)18-12(17)16-8-10-5-14-6-11(9-16)15(4)7-10/h10-11,14H,5-9H2,1-4H3. The van der Waals surface area contributed by atoms with E-state index in [-0.39, 0.29) is 6.09 Å². The molecular formula is C13H25N3O2. The van der Waals surface area contributed by atoms with Crippen molar-refractivity contribution in [2.24, 2.45) is 5.92 Å². The summed E-state index contributed by atoms with van der Waals surface area (Å²) in [6, 6.07) is 0.394. The van der Waals surface area contributed by atoms with Crippen LogP contribution in [0.4, 0.5) is 4.79 Å². The van der Waals surface area contributed by atoms with Gasteiger partial charge in [0.15, 0.2) is 0 Å². The first-order valence-corrected chi connectivity index (χ1v) is 6.74. The van der Waals surface area contributed by atoms with Gasteiger partial charge >= 0.3 is 6.09 Å². The first-order chi connectivity index (χ1) is 8.35. The molecule has 2 rings (SSSR count). The molecule has 2 saturated heterocycles. The third-order valence-corrected chi connectivity index (χ3v) is 3.54. The van der Waals surface area contributed by atoms with E-state index in [1.807, 2.05) is 25.7 Å². The lowest BCUT2D eigenvalue weighted by molar-refractivity contribution is 0.0210. The average Bonchev–Trinajstić information content (AvgIpc) is 2.42. The number of ether oxygens (including phenoxy) is 1. The van der Waals surface area contributed by atoms with E-state index in [1.165, 1.54) is 0 Å². The van der Waals surface area contributed by atoms with Gasteiger partial charge in [-0.15, -0.1) is 0 Å². The van der Waals surface area contributed by atoms with Crippen molar-refractivity contribution in [2.45, 2.75) is 32.4 Å². The van der Waals surface area contributed by atoms with Crippen LogP contribution in [0.1, 0.15) is 20.8 Å². The summed E-state index contributed by atoms with van der Waals surface area (Å²) in [4.78, 5) is 16.4. The van der Waals surface area contributed by atoms with Gasteiger partial charge in [0, 0.05) is 44.7 Å². The minimum atomic E-state index is -0.414. The van der Waals surface area contributed by atoms with Gasteiger partial charge in [0.2, 0.25) is 0 Å². The topological polar surface area (TPSA) is 44.8 Å². The summed E-state index contributed by atoms with van der Waals surface area (Å²) in [7, 11) is 2.14. The van der Waals surface area contributed by atoms with E-state index >= 15 is 0 Å². The molecule has 1 amide bonds. The van der Waals surface area contributed by atoms with Crippen LogP contribution in [-0.4, -0.2) is 67.3 Å². The fourth-order valence-electron chi connectivity index (χ4n) is 2.67. The molecule has 2 aliphatic heterocycles. The zero-order valence-corrected chi connectivity index (χ0v) is 11.9. The molecule has 0 aromatic carbocycles. The summed E-state index contributed by atoms with van der Waals surface area (Å²) < 4.78 is 5.48. The highest BCUT2D eigenvalue weighted by molar-refractivity contribution is 5.68. The van der Waals surface area contributed by atoms with E-state index in [4.69, 9.17) is 4.74 Å². The Morgan fingerprint density at radius 2 is 1.94 bits per heavy atom. The van der Waals surface area contributed by atoms with Crippen LogP contribution in [0.15, 0.2) is 0 Å². The summed E-state index contributed by atoms with van der Waals surface area (Å²) in [5, 5.41) is 3.47. The lowest BCUT2D eigenvalue weighted by atomic mass is 10.1. The highest BCUT2D eigenvalue weighted by atomic mass is 16.6. The Bertz CT molecular complexity index is 314. The molecule has 18 heavy (non-hydrogen) atoms. The molecule has 2 bridgehead atoms. The van der Waals surface area contributed by atoms with Crippen LogP contribution >= 0.6 is 0 Å². The average molecular weight is 255 g/mol. The predicted molar refractivity (Wildman–Crippen MR) is 70.6 cm³/mol. The zero-order valence-electron chi connectivity index (χ0n) is 11.9. The molecule has 2 fully saturated rings. The molecular weight excluding hydrogens is 230 g/mol. The van der Waals surface area contributed by atoms with Crippen molar-refractivity contribution in [1.82, 2.24) is 15.1 Å². The SMILES string of the molecule is CN1CC2CNCC1CN(C(=O)OC(C)(C)C)C2. The van der Waals surface area contributed by atoms with Crippen LogP contribution in [0.25, 0.3) is 0 Å². The van der Waals surface area contributed by atoms with Crippen molar-refractivity contribution in [3.63, 3.8) is 0 Å². The molecule has 0 aliphatic carbocycles. The summed E-state index contributed by atoms with van der Waals surface area (Å²) in [5.41, 5.74) is -0.414. The molecule has 0 radical (unpaired) electrons. The largest absolute Gasteiger partial charge is 0.444 e. The Morgan fingerprint density at radius 1 is 1.22 bits per heavy atom. The number of fused-ring (bicyclic) bond motifs is 3. The third kappa shape index (κ3) is 3.36. The third-order valence-electron chi connectivity index (χ3n) is 3.54. The number of nitrogens with zero attached hydrogens (tertiary/aromatic N) is 2. The van der Waals surface area contributed by atoms with Crippen LogP contribution < -0.4 is 5.32 Å². The number of rotatable bonds is 0. The van der Waals surface area contributed by atoms with Crippen molar-refractivity contribution in [2.75, 3.05) is 39.8 Å². The number of hydrogen-bond donors (Lipinski definition) is 1. The van der Waals surface area contributed by atoms with Crippen LogP contribution in [0, 0.1) is 5.92 Å². The second-order valence-corrected chi connectivity index (χ2v) is 6.50. The Hall–Kier alpha value is -0.810. The van der Waals surface area contributed by atoms with Crippen molar-refractivity contribution >= 4 is 6.09 Å². The maximum absolute atomic E-state index is 12.2. The smallest absolute Gasteiger partial charge is 0.410 e. The number of carbonyl (C=O) groups excluding carboxylic acids is 1. The molecule has 2 atom stereocenters. The molecule has 0 saturated carbocycles. The quantitative estimate of drug-likeness (QED) is 0.694. The fourth-order valence-corrected chi connectivity index (χ4v) is 2.67. The first kappa shape index (κ1) is 13.6. The summed E-state index contributed by atoms with van der Waals surface area (Å²) in [5.74, 6) is 0.495. The molecule has 5 heteroatoms. The zero-order chi connectivity index (χ0) is 13.3. The van der Waals surface area contributed by atoms with Gasteiger partial charge in [-0.05, 0) is 27.8 Å². The van der Waals surface area contributed by atoms with Gasteiger partial charge in [-0.1, -0.05) is 0 Å². The van der Waals surface area contributed by atoms with Crippen LogP contribution in [-0.2, 0) is 4.74 Å². The maximum atomic E-state index is 12.2. The van der Waals surface area contributed by atoms with Gasteiger partial charge in [0.05, 0.1) is 0 Å². The molecule has 2 aliphatic rings. The van der Waals surface area contributed by atoms with Gasteiger partial charge in [0.1, 0.15) is 5.60 Å². The Morgan fingerprint density at radius 3 is 2.61 bits per heavy atom. The second-order valence-electron chi connectivity index (χ2n) is 6.50. The van der Waals surface area contributed by atoms with E-state index in [2.05, 4.69) is 17.3 Å². The van der Waals surface area contributed by atoms with E-state index < -0.39 is 5.60 Å². The number of carbonyl (C=O) groups is 1. The second kappa shape index (κ2) is 5.05. The monoisotopic (exact) mass is 255 g/mol. The minimum Gasteiger partial charge on any atom is -0.444 e. The molecule has 2 unspecified atom stereocenters. The van der Waals surface area contributed by atoms with Gasteiger partial charge in [0.25, 0.3) is 0 Å². The van der Waals surface area contributed by atoms with Crippen molar-refractivity contribution in [3.05, 3.63) is 0 Å². The maximum Gasteiger partial charge on any atom is 0.410 e. The Labute approximate surface area is 109 Å². The number of nitrogens with one attached hydrogen (secondary N) is 1. The number of hydrogen-bond acceptors (Lipinski definition) is 4. The van der Waals surface area contributed by atoms with Gasteiger partial charge in [-0.2, -0.15) is 0 Å². The van der Waals surface area contributed by atoms with Gasteiger partial charge in [-0.25, -0.2) is 4.79 Å². The van der Waals surface area contributed by atoms with E-state index in [1.54, 1.807) is 0 Å². The van der Waals surface area contributed by atoms with Crippen LogP contribution in [0.2, 0.25) is 0 Å². The number of amides is 1. The highest BCUT2D eigenvalue weighted by Crippen LogP contribution is 2.18. The highest BCUT2D eigenvalue weighted by Gasteiger charge is 2.34. The molecule has 0 aromatic rings. The predicted octanol–water partition coefficient (Wildman–Crippen LogP) is 0.757. The van der Waals surface area contributed by atoms with E-state index in [0.717, 1.165) is 32.7 Å². The van der Waals surface area contributed by atoms with E-state index in [9.17, 15) is 4.79 Å². The van der Waals surface area contributed by atoms with E-state index in [0.29, 0.717) is 12.0 Å². The lowest BCUT2D eigenvalue weighted by Crippen LogP contribution is -2.49. The minimum absolute atomic E-state index is 0.172. The van der Waals surface area contributed by atoms with Crippen molar-refractivity contribution < 1.29 is 9.53 Å². The van der Waals surface area contributed by atoms with Crippen molar-refractivity contribution in [3.8, 4) is 0 Å². The van der Waals surface area contributed by atoms with Crippen LogP contribution in [0.3, 0.4) is 0 Å². The van der Waals surface area contributed by atoms with Gasteiger partial charge < -0.3 is 15.0 Å². The Balaban J connectivity index is 2.04. The molecule has 104 valence electrons. The molecule has 1 N–H and O–H groups in total. The fraction of sp³-hybridized carbons (Fsp3) is 0.923. The molecule has 2 heterocycles. The molecule has 0 spiro atoms. The normalized spacial score (nSPS) is 29.9. The summed E-state index contributed by atoms with van der Waals surface area (Å²) >= 11 is 0. The first-order valence-electron chi connectivity index (χ1n) is 6.74. The summed E-state index contributed by atoms with van der Waals surface area (Å²) in [6.45, 7) is 10.3.